The predicted octanol–water partition coefficient (Wildman–Crippen LogP) is 3.36. The fourth-order valence-corrected chi connectivity index (χ4v) is 4.52. The van der Waals surface area contributed by atoms with Gasteiger partial charge in [-0.25, -0.2) is 9.59 Å². The van der Waals surface area contributed by atoms with E-state index >= 15 is 0 Å². The number of nitrogens with one attached hydrogen (secondary N) is 2. The van der Waals surface area contributed by atoms with Crippen LogP contribution < -0.4 is 16.6 Å². The number of unbranched alkanes of at least 4 members (excludes halogenated alkanes) is 13. The quantitative estimate of drug-likeness (QED) is 0.221. The molecule has 4 N–H and O–H groups in total. The molecule has 0 aliphatic carbocycles. The minimum atomic E-state index is -1.33. The average molecular weight is 512 g/mol. The first-order valence-corrected chi connectivity index (χ1v) is 13.7. The van der Waals surface area contributed by atoms with E-state index in [0.717, 1.165) is 29.9 Å². The number of rotatable bonds is 18. The van der Waals surface area contributed by atoms with Crippen molar-refractivity contribution in [1.29, 1.82) is 0 Å². The van der Waals surface area contributed by atoms with Gasteiger partial charge in [0.2, 0.25) is 0 Å². The highest BCUT2D eigenvalue weighted by Gasteiger charge is 2.47. The normalized spacial score (nSPS) is 21.5. The topological polar surface area (TPSA) is 143 Å². The van der Waals surface area contributed by atoms with Crippen LogP contribution in [0.3, 0.4) is 0 Å². The maximum absolute atomic E-state index is 12.3. The SMILES string of the molecule is CCCCCCCCCCCCCCCCNC(=O)O[C@@H]1[C@H](O)[C@@H](CO)O[C@H]1n1ccc(=O)[nH]c1=O. The maximum Gasteiger partial charge on any atom is 0.407 e. The first kappa shape index (κ1) is 30.1. The van der Waals surface area contributed by atoms with Gasteiger partial charge in [0.15, 0.2) is 12.3 Å². The number of carbonyl (C=O) groups is 1. The molecule has 1 aromatic heterocycles. The van der Waals surface area contributed by atoms with Crippen LogP contribution in [0.2, 0.25) is 0 Å². The van der Waals surface area contributed by atoms with Gasteiger partial charge in [0.05, 0.1) is 6.61 Å². The summed E-state index contributed by atoms with van der Waals surface area (Å²) in [5.41, 5.74) is -1.36. The lowest BCUT2D eigenvalue weighted by atomic mass is 10.0. The number of carbonyl (C=O) groups excluding carboxylic acids is 1. The molecule has 10 nitrogen and oxygen atoms in total. The molecule has 1 amide bonds. The van der Waals surface area contributed by atoms with E-state index in [0.29, 0.717) is 6.54 Å². The smallest absolute Gasteiger partial charge is 0.407 e. The van der Waals surface area contributed by atoms with Crippen molar-refractivity contribution >= 4 is 6.09 Å². The third kappa shape index (κ3) is 10.4. The van der Waals surface area contributed by atoms with Crippen LogP contribution in [-0.2, 0) is 9.47 Å². The lowest BCUT2D eigenvalue weighted by Crippen LogP contribution is -2.42. The standard InChI is InChI=1S/C26H45N3O7/c1-2-3-4-5-6-7-8-9-10-11-12-13-14-15-17-27-26(34)36-23-22(32)20(19-30)35-24(23)29-18-16-21(31)28-25(29)33/h16,18,20,22-24,30,32H,2-15,17,19H2,1H3,(H,27,34)(H,28,31,33)/t20-,22-,23-,24-/m1/s1. The predicted molar refractivity (Wildman–Crippen MR) is 137 cm³/mol. The van der Waals surface area contributed by atoms with E-state index < -0.39 is 48.5 Å². The van der Waals surface area contributed by atoms with Crippen LogP contribution in [0.15, 0.2) is 21.9 Å². The molecule has 36 heavy (non-hydrogen) atoms. The summed E-state index contributed by atoms with van der Waals surface area (Å²) < 4.78 is 11.9. The number of hydrogen-bond donors (Lipinski definition) is 4. The number of aromatic nitrogens is 2. The van der Waals surface area contributed by atoms with Gasteiger partial charge in [-0.15, -0.1) is 0 Å². The zero-order chi connectivity index (χ0) is 26.2. The second-order valence-corrected chi connectivity index (χ2v) is 9.65. The fraction of sp³-hybridized carbons (Fsp3) is 0.808. The molecule has 0 saturated carbocycles. The number of aliphatic hydroxyl groups is 2. The van der Waals surface area contributed by atoms with Gasteiger partial charge in [-0.05, 0) is 6.42 Å². The number of H-pyrrole nitrogens is 1. The summed E-state index contributed by atoms with van der Waals surface area (Å²) in [6.07, 6.45) is 13.2. The Labute approximate surface area is 213 Å². The van der Waals surface area contributed by atoms with Gasteiger partial charge in [0.1, 0.15) is 12.2 Å². The summed E-state index contributed by atoms with van der Waals surface area (Å²) >= 11 is 0. The minimum Gasteiger partial charge on any atom is -0.439 e. The van der Waals surface area contributed by atoms with Crippen LogP contribution in [0.4, 0.5) is 4.79 Å². The van der Waals surface area contributed by atoms with E-state index in [-0.39, 0.29) is 0 Å². The van der Waals surface area contributed by atoms with Crippen LogP contribution >= 0.6 is 0 Å². The fourth-order valence-electron chi connectivity index (χ4n) is 4.52. The Morgan fingerprint density at radius 2 is 1.56 bits per heavy atom. The zero-order valence-electron chi connectivity index (χ0n) is 21.7. The summed E-state index contributed by atoms with van der Waals surface area (Å²) in [4.78, 5) is 37.8. The summed E-state index contributed by atoms with van der Waals surface area (Å²) in [7, 11) is 0. The van der Waals surface area contributed by atoms with Crippen LogP contribution in [0, 0.1) is 0 Å². The van der Waals surface area contributed by atoms with Crippen molar-refractivity contribution in [2.45, 2.75) is 121 Å². The summed E-state index contributed by atoms with van der Waals surface area (Å²) in [5, 5.41) is 22.5. The molecule has 1 aliphatic rings. The number of aromatic amines is 1. The minimum absolute atomic E-state index is 0.438. The van der Waals surface area contributed by atoms with E-state index in [1.54, 1.807) is 0 Å². The Kier molecular flexibility index (Phi) is 14.5. The molecule has 0 bridgehead atoms. The van der Waals surface area contributed by atoms with E-state index in [1.165, 1.54) is 76.8 Å². The highest BCUT2D eigenvalue weighted by atomic mass is 16.6. The van der Waals surface area contributed by atoms with Gasteiger partial charge in [0, 0.05) is 18.8 Å². The van der Waals surface area contributed by atoms with Gasteiger partial charge in [-0.3, -0.25) is 14.3 Å². The highest BCUT2D eigenvalue weighted by Crippen LogP contribution is 2.30. The molecule has 0 radical (unpaired) electrons. The molecule has 206 valence electrons. The average Bonchev–Trinajstić information content (AvgIpc) is 3.16. The monoisotopic (exact) mass is 511 g/mol. The molecule has 0 unspecified atom stereocenters. The van der Waals surface area contributed by atoms with Crippen LogP contribution in [0.5, 0.6) is 0 Å². The number of hydrogen-bond acceptors (Lipinski definition) is 7. The van der Waals surface area contributed by atoms with Crippen molar-refractivity contribution in [2.75, 3.05) is 13.2 Å². The van der Waals surface area contributed by atoms with Gasteiger partial charge < -0.3 is 25.0 Å². The van der Waals surface area contributed by atoms with Crippen LogP contribution in [-0.4, -0.2) is 57.3 Å². The molecule has 1 aromatic rings. The third-order valence-corrected chi connectivity index (χ3v) is 6.66. The number of alkyl carbamates (subject to hydrolysis) is 1. The molecule has 10 heteroatoms. The van der Waals surface area contributed by atoms with Crippen molar-refractivity contribution in [3.63, 3.8) is 0 Å². The molecule has 2 rings (SSSR count). The van der Waals surface area contributed by atoms with E-state index in [9.17, 15) is 24.6 Å². The summed E-state index contributed by atoms with van der Waals surface area (Å²) in [6, 6.07) is 1.12. The van der Waals surface area contributed by atoms with Crippen molar-refractivity contribution in [3.8, 4) is 0 Å². The molecule has 2 heterocycles. The van der Waals surface area contributed by atoms with E-state index in [4.69, 9.17) is 9.47 Å². The van der Waals surface area contributed by atoms with Crippen LogP contribution in [0.1, 0.15) is 103 Å². The first-order valence-electron chi connectivity index (χ1n) is 13.7. The lowest BCUT2D eigenvalue weighted by Gasteiger charge is -2.22. The molecule has 4 atom stereocenters. The third-order valence-electron chi connectivity index (χ3n) is 6.66. The van der Waals surface area contributed by atoms with Gasteiger partial charge in [0.25, 0.3) is 5.56 Å². The number of ether oxygens (including phenoxy) is 2. The first-order chi connectivity index (χ1) is 17.5. The number of nitrogens with zero attached hydrogens (tertiary/aromatic N) is 1. The largest absolute Gasteiger partial charge is 0.439 e. The summed E-state index contributed by atoms with van der Waals surface area (Å²) in [5.74, 6) is 0. The Balaban J connectivity index is 1.58. The number of amides is 1. The Hall–Kier alpha value is -2.17. The Morgan fingerprint density at radius 1 is 1.00 bits per heavy atom. The second kappa shape index (κ2) is 17.3. The number of aliphatic hydroxyl groups excluding tert-OH is 2. The van der Waals surface area contributed by atoms with Crippen molar-refractivity contribution in [2.24, 2.45) is 0 Å². The zero-order valence-corrected chi connectivity index (χ0v) is 21.7. The summed E-state index contributed by atoms with van der Waals surface area (Å²) in [6.45, 7) is 2.17. The van der Waals surface area contributed by atoms with Gasteiger partial charge >= 0.3 is 11.8 Å². The van der Waals surface area contributed by atoms with Crippen molar-refractivity contribution < 1.29 is 24.5 Å². The molecule has 1 fully saturated rings. The van der Waals surface area contributed by atoms with E-state index in [2.05, 4.69) is 17.2 Å². The lowest BCUT2D eigenvalue weighted by molar-refractivity contribution is -0.0569. The Morgan fingerprint density at radius 3 is 2.08 bits per heavy atom. The molecule has 0 aromatic carbocycles. The Bertz CT molecular complexity index is 856. The molecular formula is C26H45N3O7. The molecule has 0 spiro atoms. The highest BCUT2D eigenvalue weighted by molar-refractivity contribution is 5.67. The van der Waals surface area contributed by atoms with Gasteiger partial charge in [-0.2, -0.15) is 0 Å². The van der Waals surface area contributed by atoms with Crippen molar-refractivity contribution in [3.05, 3.63) is 33.1 Å². The second-order valence-electron chi connectivity index (χ2n) is 9.65. The van der Waals surface area contributed by atoms with Gasteiger partial charge in [-0.1, -0.05) is 90.4 Å². The van der Waals surface area contributed by atoms with Crippen LogP contribution in [0.25, 0.3) is 0 Å². The molecular weight excluding hydrogens is 466 g/mol. The van der Waals surface area contributed by atoms with E-state index in [1.807, 2.05) is 0 Å². The molecule has 1 saturated heterocycles. The maximum atomic E-state index is 12.3. The van der Waals surface area contributed by atoms with Crippen molar-refractivity contribution in [1.82, 2.24) is 14.9 Å². The molecule has 1 aliphatic heterocycles.